The largest absolute Gasteiger partial charge is 0.508 e. The van der Waals surface area contributed by atoms with Crippen molar-refractivity contribution in [2.45, 2.75) is 26.4 Å². The van der Waals surface area contributed by atoms with E-state index in [1.165, 1.54) is 16.0 Å². The lowest BCUT2D eigenvalue weighted by molar-refractivity contribution is 0.120. The number of benzene rings is 2. The first-order chi connectivity index (χ1) is 15.1. The molecule has 164 valence electrons. The number of para-hydroxylation sites is 1. The molecular formula is C24H28N2O2S3. The lowest BCUT2D eigenvalue weighted by Crippen LogP contribution is -2.45. The van der Waals surface area contributed by atoms with Gasteiger partial charge >= 0.3 is 0 Å². The van der Waals surface area contributed by atoms with Gasteiger partial charge in [-0.3, -0.25) is 9.80 Å². The Bertz CT molecular complexity index is 1080. The van der Waals surface area contributed by atoms with E-state index in [0.29, 0.717) is 5.75 Å². The summed E-state index contributed by atoms with van der Waals surface area (Å²) >= 11 is 5.49. The fourth-order valence-corrected chi connectivity index (χ4v) is 7.20. The highest BCUT2D eigenvalue weighted by Crippen LogP contribution is 2.37. The number of hydrogen-bond donors (Lipinski definition) is 1. The van der Waals surface area contributed by atoms with Gasteiger partial charge in [0.15, 0.2) is 0 Å². The number of rotatable bonds is 7. The summed E-state index contributed by atoms with van der Waals surface area (Å²) in [7, 11) is 5.14. The third kappa shape index (κ3) is 5.18. The van der Waals surface area contributed by atoms with Crippen LogP contribution < -0.4 is 4.74 Å². The summed E-state index contributed by atoms with van der Waals surface area (Å²) < 4.78 is 6.49. The Kier molecular flexibility index (Phi) is 7.40. The molecule has 4 rings (SSSR count). The minimum Gasteiger partial charge on any atom is -0.508 e. The van der Waals surface area contributed by atoms with Gasteiger partial charge in [0.2, 0.25) is 0 Å². The van der Waals surface area contributed by atoms with E-state index in [9.17, 15) is 5.11 Å². The van der Waals surface area contributed by atoms with Crippen LogP contribution in [0.4, 0.5) is 0 Å². The van der Waals surface area contributed by atoms with Crippen molar-refractivity contribution < 1.29 is 9.84 Å². The average molecular weight is 473 g/mol. The van der Waals surface area contributed by atoms with Gasteiger partial charge in [0, 0.05) is 50.4 Å². The zero-order chi connectivity index (χ0) is 21.8. The molecule has 0 bridgehead atoms. The Morgan fingerprint density at radius 2 is 1.65 bits per heavy atom. The van der Waals surface area contributed by atoms with Gasteiger partial charge in [0.05, 0.1) is 12.0 Å². The predicted molar refractivity (Wildman–Crippen MR) is 133 cm³/mol. The molecular weight excluding hydrogens is 444 g/mol. The molecule has 2 heterocycles. The number of hydrogen-bond acceptors (Lipinski definition) is 7. The number of ether oxygens (including phenoxy) is 1. The van der Waals surface area contributed by atoms with Gasteiger partial charge in [-0.25, -0.2) is 0 Å². The maximum absolute atomic E-state index is 10.5. The molecule has 0 aliphatic carbocycles. The standard InChI is InChI=1S/C24H28N2O2S3/c1-3-20-23(30-31-24(20)29)17-8-9-21(27)19(14-17)16-26-12-10-25(11-13-26)15-18-6-4-5-7-22(18)28-2/h4-9,14,27H,3,10-13,15-16H2,1-2H3. The van der Waals surface area contributed by atoms with E-state index in [2.05, 4.69) is 34.9 Å². The Hall–Kier alpha value is -1.77. The third-order valence-electron chi connectivity index (χ3n) is 5.86. The van der Waals surface area contributed by atoms with Gasteiger partial charge in [-0.15, -0.1) is 0 Å². The quantitative estimate of drug-likeness (QED) is 0.347. The summed E-state index contributed by atoms with van der Waals surface area (Å²) in [5, 5.41) is 10.5. The van der Waals surface area contributed by atoms with E-state index < -0.39 is 0 Å². The normalized spacial score (nSPS) is 15.3. The van der Waals surface area contributed by atoms with Crippen LogP contribution in [-0.2, 0) is 19.5 Å². The fraction of sp³-hybridized carbons (Fsp3) is 0.375. The van der Waals surface area contributed by atoms with Gasteiger partial charge in [-0.1, -0.05) is 58.0 Å². The molecule has 0 radical (unpaired) electrons. The number of phenolic OH excluding ortho intramolecular Hbond substituents is 1. The molecule has 1 aliphatic heterocycles. The van der Waals surface area contributed by atoms with Crippen molar-refractivity contribution in [3.05, 3.63) is 63.0 Å². The van der Waals surface area contributed by atoms with E-state index in [1.54, 1.807) is 27.8 Å². The molecule has 3 aromatic rings. The summed E-state index contributed by atoms with van der Waals surface area (Å²) in [6, 6.07) is 14.2. The van der Waals surface area contributed by atoms with Crippen LogP contribution in [0.25, 0.3) is 10.4 Å². The van der Waals surface area contributed by atoms with E-state index in [1.807, 2.05) is 24.3 Å². The van der Waals surface area contributed by atoms with Crippen molar-refractivity contribution in [3.63, 3.8) is 0 Å². The molecule has 2 aromatic carbocycles. The lowest BCUT2D eigenvalue weighted by atomic mass is 10.0. The number of piperazine rings is 1. The van der Waals surface area contributed by atoms with Gasteiger partial charge in [0.25, 0.3) is 0 Å². The van der Waals surface area contributed by atoms with Crippen LogP contribution in [0.2, 0.25) is 0 Å². The van der Waals surface area contributed by atoms with Crippen LogP contribution in [0.5, 0.6) is 11.5 Å². The van der Waals surface area contributed by atoms with Crippen molar-refractivity contribution in [1.29, 1.82) is 0 Å². The van der Waals surface area contributed by atoms with Gasteiger partial charge < -0.3 is 9.84 Å². The van der Waals surface area contributed by atoms with Crippen molar-refractivity contribution >= 4 is 32.9 Å². The molecule has 0 atom stereocenters. The van der Waals surface area contributed by atoms with Gasteiger partial charge in [0.1, 0.15) is 15.3 Å². The molecule has 4 nitrogen and oxygen atoms in total. The topological polar surface area (TPSA) is 35.9 Å². The first kappa shape index (κ1) is 22.4. The molecule has 0 saturated carbocycles. The molecule has 0 spiro atoms. The van der Waals surface area contributed by atoms with Crippen LogP contribution in [0.3, 0.4) is 0 Å². The minimum atomic E-state index is 0.372. The fourth-order valence-electron chi connectivity index (χ4n) is 4.07. The zero-order valence-corrected chi connectivity index (χ0v) is 20.4. The van der Waals surface area contributed by atoms with E-state index in [-0.39, 0.29) is 0 Å². The van der Waals surface area contributed by atoms with Crippen LogP contribution in [-0.4, -0.2) is 48.2 Å². The molecule has 0 unspecified atom stereocenters. The SMILES string of the molecule is CCc1c(-c2ccc(O)c(CN3CCN(Cc4ccccc4OC)CC3)c2)ssc1=S. The van der Waals surface area contributed by atoms with Crippen LogP contribution in [0.1, 0.15) is 23.6 Å². The lowest BCUT2D eigenvalue weighted by Gasteiger charge is -2.35. The van der Waals surface area contributed by atoms with Crippen LogP contribution in [0, 0.1) is 3.82 Å². The Balaban J connectivity index is 1.41. The first-order valence-corrected chi connectivity index (χ1v) is 13.2. The van der Waals surface area contributed by atoms with E-state index in [4.69, 9.17) is 17.0 Å². The Morgan fingerprint density at radius 3 is 2.32 bits per heavy atom. The second-order valence-electron chi connectivity index (χ2n) is 7.82. The summed E-state index contributed by atoms with van der Waals surface area (Å²) in [6.45, 7) is 7.79. The van der Waals surface area contributed by atoms with E-state index >= 15 is 0 Å². The minimum absolute atomic E-state index is 0.372. The zero-order valence-electron chi connectivity index (χ0n) is 18.0. The molecule has 1 saturated heterocycles. The summed E-state index contributed by atoms with van der Waals surface area (Å²) in [5.41, 5.74) is 4.64. The van der Waals surface area contributed by atoms with Crippen molar-refractivity contribution in [1.82, 2.24) is 9.80 Å². The maximum atomic E-state index is 10.5. The monoisotopic (exact) mass is 472 g/mol. The smallest absolute Gasteiger partial charge is 0.123 e. The van der Waals surface area contributed by atoms with Crippen molar-refractivity contribution in [2.75, 3.05) is 33.3 Å². The number of methoxy groups -OCH3 is 1. The summed E-state index contributed by atoms with van der Waals surface area (Å²) in [4.78, 5) is 6.14. The maximum Gasteiger partial charge on any atom is 0.123 e. The second-order valence-corrected chi connectivity index (χ2v) is 10.6. The molecule has 1 fully saturated rings. The Labute approximate surface area is 196 Å². The van der Waals surface area contributed by atoms with E-state index in [0.717, 1.165) is 66.4 Å². The number of aromatic hydroxyl groups is 1. The first-order valence-electron chi connectivity index (χ1n) is 10.6. The highest BCUT2D eigenvalue weighted by Gasteiger charge is 2.20. The second kappa shape index (κ2) is 10.2. The van der Waals surface area contributed by atoms with Crippen LogP contribution in [0.15, 0.2) is 42.5 Å². The summed E-state index contributed by atoms with van der Waals surface area (Å²) in [5.74, 6) is 1.33. The number of phenols is 1. The number of nitrogens with zero attached hydrogens (tertiary/aromatic N) is 2. The van der Waals surface area contributed by atoms with Gasteiger partial charge in [-0.2, -0.15) is 0 Å². The predicted octanol–water partition coefficient (Wildman–Crippen LogP) is 5.80. The van der Waals surface area contributed by atoms with Crippen LogP contribution >= 0.6 is 32.9 Å². The highest BCUT2D eigenvalue weighted by molar-refractivity contribution is 7.80. The summed E-state index contributed by atoms with van der Waals surface area (Å²) in [6.07, 6.45) is 0.943. The third-order valence-corrected chi connectivity index (χ3v) is 9.05. The highest BCUT2D eigenvalue weighted by atomic mass is 32.9. The molecule has 0 amide bonds. The van der Waals surface area contributed by atoms with Crippen molar-refractivity contribution in [3.8, 4) is 21.9 Å². The van der Waals surface area contributed by atoms with Gasteiger partial charge in [-0.05, 0) is 41.8 Å². The Morgan fingerprint density at radius 1 is 0.968 bits per heavy atom. The molecule has 1 aliphatic rings. The molecule has 7 heteroatoms. The average Bonchev–Trinajstić information content (AvgIpc) is 3.17. The molecule has 1 N–H and O–H groups in total. The van der Waals surface area contributed by atoms with Crippen molar-refractivity contribution in [2.24, 2.45) is 0 Å². The molecule has 31 heavy (non-hydrogen) atoms. The molecule has 1 aromatic heterocycles.